The van der Waals surface area contributed by atoms with Crippen LogP contribution in [0.3, 0.4) is 0 Å². The van der Waals surface area contributed by atoms with Gasteiger partial charge in [0.1, 0.15) is 10.7 Å². The molecule has 2 atom stereocenters. The van der Waals surface area contributed by atoms with Gasteiger partial charge < -0.3 is 4.90 Å². The van der Waals surface area contributed by atoms with Crippen molar-refractivity contribution in [2.24, 2.45) is 16.8 Å². The SMILES string of the molecule is CC1=C(c2ccc(C)cc2)S(=O)(=O)NC1=NCCCN1CC(C)CC(C)C1. The lowest BCUT2D eigenvalue weighted by molar-refractivity contribution is 0.140. The molecule has 3 rings (SSSR count). The number of hydrogen-bond donors (Lipinski definition) is 1. The molecule has 2 unspecified atom stereocenters. The smallest absolute Gasteiger partial charge is 0.264 e. The molecule has 27 heavy (non-hydrogen) atoms. The van der Waals surface area contributed by atoms with Crippen LogP contribution < -0.4 is 4.72 Å². The fourth-order valence-electron chi connectivity index (χ4n) is 4.25. The number of amidine groups is 1. The Morgan fingerprint density at radius 3 is 2.37 bits per heavy atom. The lowest BCUT2D eigenvalue weighted by Crippen LogP contribution is -2.39. The highest BCUT2D eigenvalue weighted by Crippen LogP contribution is 2.30. The summed E-state index contributed by atoms with van der Waals surface area (Å²) < 4.78 is 27.8. The topological polar surface area (TPSA) is 61.8 Å². The van der Waals surface area contributed by atoms with Gasteiger partial charge in [0.15, 0.2) is 0 Å². The van der Waals surface area contributed by atoms with E-state index in [1.54, 1.807) is 0 Å². The number of hydrogen-bond acceptors (Lipinski definition) is 4. The molecule has 2 aliphatic rings. The zero-order valence-corrected chi connectivity index (χ0v) is 17.6. The van der Waals surface area contributed by atoms with Crippen LogP contribution in [0.25, 0.3) is 4.91 Å². The van der Waals surface area contributed by atoms with Crippen molar-refractivity contribution >= 4 is 20.8 Å². The van der Waals surface area contributed by atoms with E-state index in [1.165, 1.54) is 6.42 Å². The van der Waals surface area contributed by atoms with E-state index in [4.69, 9.17) is 0 Å². The number of benzene rings is 1. The molecular weight excluding hydrogens is 358 g/mol. The maximum absolute atomic E-state index is 12.6. The number of piperidine rings is 1. The number of sulfonamides is 1. The summed E-state index contributed by atoms with van der Waals surface area (Å²) in [5.74, 6) is 2.00. The third kappa shape index (κ3) is 4.79. The first-order valence-corrected chi connectivity index (χ1v) is 11.3. The molecule has 0 aliphatic carbocycles. The number of nitrogens with one attached hydrogen (secondary N) is 1. The molecule has 0 bridgehead atoms. The summed E-state index contributed by atoms with van der Waals surface area (Å²) in [6.07, 6.45) is 2.25. The largest absolute Gasteiger partial charge is 0.303 e. The molecule has 1 fully saturated rings. The van der Waals surface area contributed by atoms with E-state index in [0.29, 0.717) is 28.4 Å². The molecule has 2 heterocycles. The average molecular weight is 390 g/mol. The van der Waals surface area contributed by atoms with Crippen molar-refractivity contribution in [1.82, 2.24) is 9.62 Å². The molecule has 0 radical (unpaired) electrons. The molecule has 1 aromatic carbocycles. The molecule has 6 heteroatoms. The standard InChI is InChI=1S/C21H31N3O2S/c1-15-6-8-19(9-7-15)20-18(4)21(23-27(20,25)26)22-10-5-11-24-13-16(2)12-17(3)14-24/h6-9,16-17H,5,10-14H2,1-4H3,(H,22,23). The predicted octanol–water partition coefficient (Wildman–Crippen LogP) is 3.43. The van der Waals surface area contributed by atoms with E-state index in [1.807, 2.05) is 38.1 Å². The van der Waals surface area contributed by atoms with Crippen molar-refractivity contribution in [3.05, 3.63) is 41.0 Å². The first-order valence-electron chi connectivity index (χ1n) is 9.84. The summed E-state index contributed by atoms with van der Waals surface area (Å²) in [5, 5.41) is 0. The van der Waals surface area contributed by atoms with E-state index >= 15 is 0 Å². The minimum absolute atomic E-state index is 0.347. The zero-order valence-electron chi connectivity index (χ0n) is 16.8. The second-order valence-electron chi connectivity index (χ2n) is 8.22. The number of rotatable bonds is 5. The summed E-state index contributed by atoms with van der Waals surface area (Å²) in [6.45, 7) is 12.4. The van der Waals surface area contributed by atoms with Gasteiger partial charge in [0.25, 0.3) is 10.0 Å². The van der Waals surface area contributed by atoms with Gasteiger partial charge in [-0.05, 0) is 50.6 Å². The molecule has 1 saturated heterocycles. The van der Waals surface area contributed by atoms with Crippen molar-refractivity contribution in [1.29, 1.82) is 0 Å². The van der Waals surface area contributed by atoms with E-state index in [-0.39, 0.29) is 0 Å². The Kier molecular flexibility index (Phi) is 6.06. The minimum Gasteiger partial charge on any atom is -0.303 e. The van der Waals surface area contributed by atoms with Crippen LogP contribution in [0.4, 0.5) is 0 Å². The maximum atomic E-state index is 12.6. The Morgan fingerprint density at radius 1 is 1.11 bits per heavy atom. The molecule has 0 aromatic heterocycles. The Bertz CT molecular complexity index is 831. The summed E-state index contributed by atoms with van der Waals surface area (Å²) in [5.41, 5.74) is 2.53. The number of nitrogens with zero attached hydrogens (tertiary/aromatic N) is 2. The number of likely N-dealkylation sites (tertiary alicyclic amines) is 1. The van der Waals surface area contributed by atoms with Crippen LogP contribution in [0.15, 0.2) is 34.8 Å². The van der Waals surface area contributed by atoms with E-state index in [9.17, 15) is 8.42 Å². The zero-order chi connectivity index (χ0) is 19.6. The summed E-state index contributed by atoms with van der Waals surface area (Å²) in [7, 11) is -3.54. The molecule has 1 aromatic rings. The fraction of sp³-hybridized carbons (Fsp3) is 0.571. The summed E-state index contributed by atoms with van der Waals surface area (Å²) >= 11 is 0. The molecule has 148 valence electrons. The molecule has 1 N–H and O–H groups in total. The van der Waals surface area contributed by atoms with Gasteiger partial charge in [-0.2, -0.15) is 0 Å². The Hall–Kier alpha value is -1.66. The average Bonchev–Trinajstić information content (AvgIpc) is 2.81. The highest BCUT2D eigenvalue weighted by Gasteiger charge is 2.32. The van der Waals surface area contributed by atoms with Crippen molar-refractivity contribution in [2.45, 2.75) is 40.5 Å². The van der Waals surface area contributed by atoms with Crippen molar-refractivity contribution in [3.8, 4) is 0 Å². The van der Waals surface area contributed by atoms with E-state index < -0.39 is 10.0 Å². The Labute approximate surface area is 163 Å². The molecule has 0 saturated carbocycles. The van der Waals surface area contributed by atoms with Gasteiger partial charge in [0.05, 0.1) is 0 Å². The van der Waals surface area contributed by atoms with Crippen LogP contribution in [-0.4, -0.2) is 45.3 Å². The first kappa shape index (κ1) is 20.1. The maximum Gasteiger partial charge on any atom is 0.264 e. The second-order valence-corrected chi connectivity index (χ2v) is 9.83. The minimum atomic E-state index is -3.54. The molecule has 0 amide bonds. The van der Waals surface area contributed by atoms with E-state index in [0.717, 1.165) is 43.5 Å². The third-order valence-electron chi connectivity index (χ3n) is 5.36. The molecule has 0 spiro atoms. The quantitative estimate of drug-likeness (QED) is 0.785. The third-order valence-corrected chi connectivity index (χ3v) is 6.90. The van der Waals surface area contributed by atoms with Gasteiger partial charge >= 0.3 is 0 Å². The van der Waals surface area contributed by atoms with Crippen LogP contribution >= 0.6 is 0 Å². The van der Waals surface area contributed by atoms with Crippen LogP contribution in [0.2, 0.25) is 0 Å². The van der Waals surface area contributed by atoms with Crippen LogP contribution in [-0.2, 0) is 10.0 Å². The van der Waals surface area contributed by atoms with Crippen molar-refractivity contribution < 1.29 is 8.42 Å². The van der Waals surface area contributed by atoms with Gasteiger partial charge in [0.2, 0.25) is 0 Å². The van der Waals surface area contributed by atoms with Crippen LogP contribution in [0.5, 0.6) is 0 Å². The molecule has 5 nitrogen and oxygen atoms in total. The Morgan fingerprint density at radius 2 is 1.74 bits per heavy atom. The number of aliphatic imine (C=N–C) groups is 1. The fourth-order valence-corrected chi connectivity index (χ4v) is 5.77. The normalized spacial score (nSPS) is 27.2. The highest BCUT2D eigenvalue weighted by atomic mass is 32.2. The summed E-state index contributed by atoms with van der Waals surface area (Å²) in [4.78, 5) is 7.42. The van der Waals surface area contributed by atoms with Gasteiger partial charge in [-0.15, -0.1) is 0 Å². The predicted molar refractivity (Wildman–Crippen MR) is 112 cm³/mol. The van der Waals surface area contributed by atoms with Gasteiger partial charge in [-0.3, -0.25) is 9.71 Å². The van der Waals surface area contributed by atoms with Crippen molar-refractivity contribution in [3.63, 3.8) is 0 Å². The van der Waals surface area contributed by atoms with Crippen LogP contribution in [0, 0.1) is 18.8 Å². The van der Waals surface area contributed by atoms with E-state index in [2.05, 4.69) is 28.5 Å². The van der Waals surface area contributed by atoms with Gasteiger partial charge in [0, 0.05) is 25.2 Å². The Balaban J connectivity index is 1.65. The molecule has 2 aliphatic heterocycles. The van der Waals surface area contributed by atoms with Gasteiger partial charge in [-0.1, -0.05) is 43.7 Å². The summed E-state index contributed by atoms with van der Waals surface area (Å²) in [6, 6.07) is 7.58. The lowest BCUT2D eigenvalue weighted by atomic mass is 9.92. The first-order chi connectivity index (χ1) is 12.8. The van der Waals surface area contributed by atoms with Gasteiger partial charge in [-0.25, -0.2) is 8.42 Å². The number of aryl methyl sites for hydroxylation is 1. The van der Waals surface area contributed by atoms with Crippen LogP contribution in [0.1, 0.15) is 44.7 Å². The monoisotopic (exact) mass is 389 g/mol. The van der Waals surface area contributed by atoms with Crippen molar-refractivity contribution in [2.75, 3.05) is 26.2 Å². The molecular formula is C21H31N3O2S. The highest BCUT2D eigenvalue weighted by molar-refractivity contribution is 8.00. The lowest BCUT2D eigenvalue weighted by Gasteiger charge is -2.34. The second kappa shape index (κ2) is 8.15.